The molecule has 2 aromatic rings. The van der Waals surface area contributed by atoms with E-state index in [2.05, 4.69) is 11.1 Å². The van der Waals surface area contributed by atoms with Crippen LogP contribution in [-0.4, -0.2) is 11.3 Å². The summed E-state index contributed by atoms with van der Waals surface area (Å²) in [4.78, 5) is 14.4. The zero-order valence-corrected chi connectivity index (χ0v) is 8.71. The average molecular weight is 209 g/mol. The Morgan fingerprint density at radius 3 is 2.81 bits per heavy atom. The molecule has 1 heterocycles. The first-order valence-electron chi connectivity index (χ1n) is 5.03. The molecule has 0 amide bonds. The third-order valence-electron chi connectivity index (χ3n) is 2.20. The maximum atomic E-state index is 10.1. The molecule has 0 N–H and O–H groups in total. The molecule has 0 bridgehead atoms. The van der Waals surface area contributed by atoms with Crippen molar-refractivity contribution in [2.45, 2.75) is 0 Å². The Bertz CT molecular complexity index is 555. The molecular formula is C14H11NO. The highest BCUT2D eigenvalue weighted by molar-refractivity contribution is 5.80. The van der Waals surface area contributed by atoms with Gasteiger partial charge in [-0.15, -0.1) is 0 Å². The average Bonchev–Trinajstić information content (AvgIpc) is 2.34. The molecule has 0 fully saturated rings. The first-order valence-corrected chi connectivity index (χ1v) is 5.03. The lowest BCUT2D eigenvalue weighted by molar-refractivity contribution is -0.104. The quantitative estimate of drug-likeness (QED) is 0.442. The lowest BCUT2D eigenvalue weighted by Gasteiger charge is -1.97. The number of aldehydes is 1. The summed E-state index contributed by atoms with van der Waals surface area (Å²) in [7, 11) is 0. The van der Waals surface area contributed by atoms with Gasteiger partial charge in [0.05, 0.1) is 5.52 Å². The van der Waals surface area contributed by atoms with Gasteiger partial charge in [0.15, 0.2) is 0 Å². The van der Waals surface area contributed by atoms with Crippen molar-refractivity contribution >= 4 is 23.3 Å². The molecule has 2 heteroatoms. The van der Waals surface area contributed by atoms with Gasteiger partial charge in [-0.3, -0.25) is 9.78 Å². The highest BCUT2D eigenvalue weighted by Crippen LogP contribution is 2.13. The number of aromatic nitrogens is 1. The SMILES string of the molecule is O=CC=CC=Cc1cnc2ccccc2c1. The van der Waals surface area contributed by atoms with Crippen molar-refractivity contribution in [3.8, 4) is 0 Å². The molecule has 16 heavy (non-hydrogen) atoms. The topological polar surface area (TPSA) is 30.0 Å². The molecule has 78 valence electrons. The Hall–Kier alpha value is -2.22. The van der Waals surface area contributed by atoms with Crippen molar-refractivity contribution in [1.29, 1.82) is 0 Å². The number of nitrogens with zero attached hydrogens (tertiary/aromatic N) is 1. The fourth-order valence-electron chi connectivity index (χ4n) is 1.46. The van der Waals surface area contributed by atoms with Gasteiger partial charge in [-0.25, -0.2) is 0 Å². The van der Waals surface area contributed by atoms with E-state index >= 15 is 0 Å². The molecule has 2 rings (SSSR count). The number of hydrogen-bond donors (Lipinski definition) is 0. The molecule has 1 aromatic heterocycles. The van der Waals surface area contributed by atoms with Crippen molar-refractivity contribution in [2.24, 2.45) is 0 Å². The van der Waals surface area contributed by atoms with Crippen LogP contribution in [0.15, 0.2) is 54.8 Å². The summed E-state index contributed by atoms with van der Waals surface area (Å²) in [6.07, 6.45) is 9.45. The number of rotatable bonds is 3. The molecule has 2 nitrogen and oxygen atoms in total. The maximum Gasteiger partial charge on any atom is 0.142 e. The van der Waals surface area contributed by atoms with Crippen LogP contribution in [-0.2, 0) is 4.79 Å². The lowest BCUT2D eigenvalue weighted by Crippen LogP contribution is -1.79. The Morgan fingerprint density at radius 2 is 1.94 bits per heavy atom. The standard InChI is InChI=1S/C14H11NO/c16-9-5-1-2-6-12-10-13-7-3-4-8-14(13)15-11-12/h1-11H. The third kappa shape index (κ3) is 2.42. The monoisotopic (exact) mass is 209 g/mol. The van der Waals surface area contributed by atoms with Crippen molar-refractivity contribution in [2.75, 3.05) is 0 Å². The van der Waals surface area contributed by atoms with Gasteiger partial charge in [0.2, 0.25) is 0 Å². The fraction of sp³-hybridized carbons (Fsp3) is 0. The second kappa shape index (κ2) is 5.03. The number of hydrogen-bond acceptors (Lipinski definition) is 2. The number of carbonyl (C=O) groups is 1. The van der Waals surface area contributed by atoms with Gasteiger partial charge in [-0.1, -0.05) is 36.4 Å². The van der Waals surface area contributed by atoms with Crippen LogP contribution in [0, 0.1) is 0 Å². The zero-order chi connectivity index (χ0) is 11.2. The van der Waals surface area contributed by atoms with Crippen LogP contribution in [0.4, 0.5) is 0 Å². The number of fused-ring (bicyclic) bond motifs is 1. The lowest BCUT2D eigenvalue weighted by atomic mass is 10.1. The predicted octanol–water partition coefficient (Wildman–Crippen LogP) is 3.00. The van der Waals surface area contributed by atoms with Gasteiger partial charge in [-0.05, 0) is 23.8 Å². The van der Waals surface area contributed by atoms with E-state index in [4.69, 9.17) is 0 Å². The molecule has 0 atom stereocenters. The molecule has 0 aliphatic heterocycles. The summed E-state index contributed by atoms with van der Waals surface area (Å²) < 4.78 is 0. The minimum absolute atomic E-state index is 0.753. The van der Waals surface area contributed by atoms with Crippen LogP contribution in [0.25, 0.3) is 17.0 Å². The minimum atomic E-state index is 0.753. The van der Waals surface area contributed by atoms with Gasteiger partial charge < -0.3 is 0 Å². The Balaban J connectivity index is 2.29. The number of pyridine rings is 1. The van der Waals surface area contributed by atoms with E-state index in [0.29, 0.717) is 0 Å². The van der Waals surface area contributed by atoms with E-state index < -0.39 is 0 Å². The van der Waals surface area contributed by atoms with Gasteiger partial charge in [0, 0.05) is 11.6 Å². The molecule has 0 saturated carbocycles. The number of carbonyl (C=O) groups excluding carboxylic acids is 1. The second-order valence-corrected chi connectivity index (χ2v) is 3.34. The predicted molar refractivity (Wildman–Crippen MR) is 66.0 cm³/mol. The highest BCUT2D eigenvalue weighted by Gasteiger charge is 1.93. The van der Waals surface area contributed by atoms with E-state index in [0.717, 1.165) is 22.8 Å². The molecule has 0 spiro atoms. The number of para-hydroxylation sites is 1. The van der Waals surface area contributed by atoms with Crippen LogP contribution < -0.4 is 0 Å². The number of allylic oxidation sites excluding steroid dienone is 3. The molecular weight excluding hydrogens is 198 g/mol. The summed E-state index contributed by atoms with van der Waals surface area (Å²) in [5.74, 6) is 0. The molecule has 0 saturated heterocycles. The van der Waals surface area contributed by atoms with Crippen LogP contribution in [0.2, 0.25) is 0 Å². The van der Waals surface area contributed by atoms with E-state index in [1.54, 1.807) is 6.08 Å². The van der Waals surface area contributed by atoms with E-state index in [9.17, 15) is 4.79 Å². The summed E-state index contributed by atoms with van der Waals surface area (Å²) in [5.41, 5.74) is 2.01. The largest absolute Gasteiger partial charge is 0.299 e. The molecule has 1 aromatic carbocycles. The third-order valence-corrected chi connectivity index (χ3v) is 2.20. The highest BCUT2D eigenvalue weighted by atomic mass is 16.1. The molecule has 0 radical (unpaired) electrons. The Kier molecular flexibility index (Phi) is 3.24. The maximum absolute atomic E-state index is 10.1. The van der Waals surface area contributed by atoms with E-state index in [1.807, 2.05) is 42.6 Å². The molecule has 0 aliphatic carbocycles. The van der Waals surface area contributed by atoms with Crippen LogP contribution in [0.5, 0.6) is 0 Å². The summed E-state index contributed by atoms with van der Waals surface area (Å²) in [6, 6.07) is 10.0. The smallest absolute Gasteiger partial charge is 0.142 e. The van der Waals surface area contributed by atoms with Crippen molar-refractivity contribution in [1.82, 2.24) is 4.98 Å². The van der Waals surface area contributed by atoms with Gasteiger partial charge in [-0.2, -0.15) is 0 Å². The van der Waals surface area contributed by atoms with Crippen LogP contribution >= 0.6 is 0 Å². The summed E-state index contributed by atoms with van der Waals surface area (Å²) in [6.45, 7) is 0. The fourth-order valence-corrected chi connectivity index (χ4v) is 1.46. The normalized spacial score (nSPS) is 11.5. The van der Waals surface area contributed by atoms with Gasteiger partial charge in [0.1, 0.15) is 6.29 Å². The van der Waals surface area contributed by atoms with Gasteiger partial charge in [0.25, 0.3) is 0 Å². The van der Waals surface area contributed by atoms with Crippen LogP contribution in [0.1, 0.15) is 5.56 Å². The van der Waals surface area contributed by atoms with Crippen molar-refractivity contribution in [3.63, 3.8) is 0 Å². The summed E-state index contributed by atoms with van der Waals surface area (Å²) in [5, 5.41) is 1.11. The van der Waals surface area contributed by atoms with E-state index in [1.165, 1.54) is 6.08 Å². The number of benzene rings is 1. The Morgan fingerprint density at radius 1 is 1.06 bits per heavy atom. The summed E-state index contributed by atoms with van der Waals surface area (Å²) >= 11 is 0. The van der Waals surface area contributed by atoms with E-state index in [-0.39, 0.29) is 0 Å². The second-order valence-electron chi connectivity index (χ2n) is 3.34. The Labute approximate surface area is 93.9 Å². The minimum Gasteiger partial charge on any atom is -0.299 e. The zero-order valence-electron chi connectivity index (χ0n) is 8.71. The van der Waals surface area contributed by atoms with Crippen LogP contribution in [0.3, 0.4) is 0 Å². The molecule has 0 unspecified atom stereocenters. The van der Waals surface area contributed by atoms with Crippen molar-refractivity contribution < 1.29 is 4.79 Å². The van der Waals surface area contributed by atoms with Crippen molar-refractivity contribution in [3.05, 3.63) is 60.3 Å². The van der Waals surface area contributed by atoms with Gasteiger partial charge >= 0.3 is 0 Å². The first-order chi connectivity index (χ1) is 7.90. The molecule has 0 aliphatic rings. The first kappa shape index (κ1) is 10.3.